The lowest BCUT2D eigenvalue weighted by Crippen LogP contribution is -2.35. The van der Waals surface area contributed by atoms with Crippen molar-refractivity contribution in [1.82, 2.24) is 9.78 Å². The SMILES string of the molecule is CC(C)c1cc(C2(O)CCOCC2)n(C)n1. The normalized spacial score (nSPS) is 20.3. The summed E-state index contributed by atoms with van der Waals surface area (Å²) in [6.07, 6.45) is 1.31. The zero-order valence-electron chi connectivity index (χ0n) is 10.2. The molecule has 1 aliphatic rings. The Morgan fingerprint density at radius 2 is 2.06 bits per heavy atom. The molecule has 0 unspecified atom stereocenters. The minimum atomic E-state index is -0.757. The first kappa shape index (κ1) is 11.6. The van der Waals surface area contributed by atoms with Gasteiger partial charge in [0.25, 0.3) is 0 Å². The highest BCUT2D eigenvalue weighted by Gasteiger charge is 2.35. The Morgan fingerprint density at radius 1 is 1.44 bits per heavy atom. The topological polar surface area (TPSA) is 47.3 Å². The Labute approximate surface area is 96.2 Å². The molecule has 1 aliphatic heterocycles. The molecule has 4 nitrogen and oxygen atoms in total. The molecule has 0 saturated carbocycles. The van der Waals surface area contributed by atoms with Gasteiger partial charge in [0.05, 0.1) is 11.4 Å². The average Bonchev–Trinajstić information content (AvgIpc) is 2.62. The Kier molecular flexibility index (Phi) is 3.04. The van der Waals surface area contributed by atoms with Crippen LogP contribution in [0.4, 0.5) is 0 Å². The summed E-state index contributed by atoms with van der Waals surface area (Å²) >= 11 is 0. The maximum absolute atomic E-state index is 10.6. The summed E-state index contributed by atoms with van der Waals surface area (Å²) in [6, 6.07) is 2.02. The van der Waals surface area contributed by atoms with Crippen LogP contribution in [-0.4, -0.2) is 28.1 Å². The molecule has 0 radical (unpaired) electrons. The van der Waals surface area contributed by atoms with Crippen molar-refractivity contribution < 1.29 is 9.84 Å². The molecular weight excluding hydrogens is 204 g/mol. The van der Waals surface area contributed by atoms with E-state index in [0.29, 0.717) is 32.0 Å². The molecule has 1 N–H and O–H groups in total. The van der Waals surface area contributed by atoms with Crippen molar-refractivity contribution in [2.24, 2.45) is 7.05 Å². The molecule has 2 rings (SSSR count). The summed E-state index contributed by atoms with van der Waals surface area (Å²) in [6.45, 7) is 5.47. The zero-order valence-corrected chi connectivity index (χ0v) is 10.2. The first-order valence-electron chi connectivity index (χ1n) is 5.87. The lowest BCUT2D eigenvalue weighted by Gasteiger charge is -2.31. The second-order valence-corrected chi connectivity index (χ2v) is 4.88. The number of nitrogens with zero attached hydrogens (tertiary/aromatic N) is 2. The molecule has 0 amide bonds. The molecule has 4 heteroatoms. The van der Waals surface area contributed by atoms with Crippen LogP contribution in [0.3, 0.4) is 0 Å². The first-order chi connectivity index (χ1) is 7.53. The number of hydrogen-bond acceptors (Lipinski definition) is 3. The van der Waals surface area contributed by atoms with Crippen LogP contribution in [0.25, 0.3) is 0 Å². The Balaban J connectivity index is 2.31. The fourth-order valence-corrected chi connectivity index (χ4v) is 2.17. The smallest absolute Gasteiger partial charge is 0.111 e. The van der Waals surface area contributed by atoms with Gasteiger partial charge in [-0.05, 0) is 12.0 Å². The van der Waals surface area contributed by atoms with Crippen molar-refractivity contribution in [2.45, 2.75) is 38.2 Å². The number of ether oxygens (including phenoxy) is 1. The van der Waals surface area contributed by atoms with Crippen molar-refractivity contribution in [1.29, 1.82) is 0 Å². The molecule has 0 bridgehead atoms. The lowest BCUT2D eigenvalue weighted by atomic mass is 9.90. The minimum absolute atomic E-state index is 0.392. The monoisotopic (exact) mass is 224 g/mol. The van der Waals surface area contributed by atoms with Gasteiger partial charge in [-0.3, -0.25) is 4.68 Å². The van der Waals surface area contributed by atoms with Crippen LogP contribution in [-0.2, 0) is 17.4 Å². The maximum atomic E-state index is 10.6. The van der Waals surface area contributed by atoms with Gasteiger partial charge in [-0.2, -0.15) is 5.10 Å². The summed E-state index contributed by atoms with van der Waals surface area (Å²) in [5, 5.41) is 15.0. The van der Waals surface area contributed by atoms with Crippen LogP contribution >= 0.6 is 0 Å². The van der Waals surface area contributed by atoms with E-state index in [-0.39, 0.29) is 0 Å². The molecular formula is C12H20N2O2. The van der Waals surface area contributed by atoms with Crippen LogP contribution in [0.15, 0.2) is 6.07 Å². The van der Waals surface area contributed by atoms with Crippen molar-refractivity contribution in [3.05, 3.63) is 17.5 Å². The summed E-state index contributed by atoms with van der Waals surface area (Å²) in [7, 11) is 1.90. The largest absolute Gasteiger partial charge is 0.383 e. The first-order valence-corrected chi connectivity index (χ1v) is 5.87. The van der Waals surface area contributed by atoms with Crippen LogP contribution in [0, 0.1) is 0 Å². The molecule has 90 valence electrons. The van der Waals surface area contributed by atoms with E-state index >= 15 is 0 Å². The Hall–Kier alpha value is -0.870. The average molecular weight is 224 g/mol. The van der Waals surface area contributed by atoms with Gasteiger partial charge in [-0.25, -0.2) is 0 Å². The summed E-state index contributed by atoms with van der Waals surface area (Å²) in [5.74, 6) is 0.392. The molecule has 1 aromatic heterocycles. The number of rotatable bonds is 2. The maximum Gasteiger partial charge on any atom is 0.111 e. The molecule has 0 atom stereocenters. The zero-order chi connectivity index (χ0) is 11.8. The van der Waals surface area contributed by atoms with E-state index < -0.39 is 5.60 Å². The number of aliphatic hydroxyl groups is 1. The number of aryl methyl sites for hydroxylation is 1. The van der Waals surface area contributed by atoms with E-state index in [1.165, 1.54) is 0 Å². The molecule has 0 spiro atoms. The molecule has 1 fully saturated rings. The van der Waals surface area contributed by atoms with Crippen LogP contribution in [0.2, 0.25) is 0 Å². The van der Waals surface area contributed by atoms with Gasteiger partial charge in [0.15, 0.2) is 0 Å². The fourth-order valence-electron chi connectivity index (χ4n) is 2.17. The van der Waals surface area contributed by atoms with E-state index in [1.807, 2.05) is 13.1 Å². The third-order valence-electron chi connectivity index (χ3n) is 3.29. The second-order valence-electron chi connectivity index (χ2n) is 4.88. The van der Waals surface area contributed by atoms with E-state index in [4.69, 9.17) is 4.74 Å². The highest BCUT2D eigenvalue weighted by atomic mass is 16.5. The van der Waals surface area contributed by atoms with Gasteiger partial charge in [0, 0.05) is 33.1 Å². The molecule has 16 heavy (non-hydrogen) atoms. The quantitative estimate of drug-likeness (QED) is 0.829. The molecule has 1 saturated heterocycles. The third-order valence-corrected chi connectivity index (χ3v) is 3.29. The van der Waals surface area contributed by atoms with Gasteiger partial charge >= 0.3 is 0 Å². The summed E-state index contributed by atoms with van der Waals surface area (Å²) in [5.41, 5.74) is 1.20. The third kappa shape index (κ3) is 1.99. The minimum Gasteiger partial charge on any atom is -0.383 e. The lowest BCUT2D eigenvalue weighted by molar-refractivity contribution is -0.0725. The molecule has 0 aliphatic carbocycles. The fraction of sp³-hybridized carbons (Fsp3) is 0.750. The number of aromatic nitrogens is 2. The van der Waals surface area contributed by atoms with E-state index in [9.17, 15) is 5.11 Å². The molecule has 1 aromatic rings. The second kappa shape index (κ2) is 4.18. The predicted molar refractivity (Wildman–Crippen MR) is 61.2 cm³/mol. The Morgan fingerprint density at radius 3 is 2.56 bits per heavy atom. The van der Waals surface area contributed by atoms with Crippen LogP contribution in [0.5, 0.6) is 0 Å². The van der Waals surface area contributed by atoms with Crippen molar-refractivity contribution in [2.75, 3.05) is 13.2 Å². The van der Waals surface area contributed by atoms with Crippen LogP contribution < -0.4 is 0 Å². The summed E-state index contributed by atoms with van der Waals surface area (Å²) < 4.78 is 7.10. The van der Waals surface area contributed by atoms with E-state index in [2.05, 4.69) is 18.9 Å². The molecule has 2 heterocycles. The predicted octanol–water partition coefficient (Wildman–Crippen LogP) is 1.54. The standard InChI is InChI=1S/C12H20N2O2/c1-9(2)10-8-11(14(3)13-10)12(15)4-6-16-7-5-12/h8-9,15H,4-7H2,1-3H3. The van der Waals surface area contributed by atoms with Crippen molar-refractivity contribution >= 4 is 0 Å². The van der Waals surface area contributed by atoms with Gasteiger partial charge in [0.1, 0.15) is 5.60 Å². The van der Waals surface area contributed by atoms with E-state index in [1.54, 1.807) is 4.68 Å². The van der Waals surface area contributed by atoms with Crippen LogP contribution in [0.1, 0.15) is 44.0 Å². The number of hydrogen-bond donors (Lipinski definition) is 1. The highest BCUT2D eigenvalue weighted by molar-refractivity contribution is 5.20. The Bertz CT molecular complexity index is 365. The van der Waals surface area contributed by atoms with Gasteiger partial charge < -0.3 is 9.84 Å². The molecule has 0 aromatic carbocycles. The van der Waals surface area contributed by atoms with Gasteiger partial charge in [0.2, 0.25) is 0 Å². The van der Waals surface area contributed by atoms with E-state index in [0.717, 1.165) is 11.4 Å². The summed E-state index contributed by atoms with van der Waals surface area (Å²) in [4.78, 5) is 0. The van der Waals surface area contributed by atoms with Gasteiger partial charge in [-0.1, -0.05) is 13.8 Å². The highest BCUT2D eigenvalue weighted by Crippen LogP contribution is 2.32. The van der Waals surface area contributed by atoms with Gasteiger partial charge in [-0.15, -0.1) is 0 Å². The van der Waals surface area contributed by atoms with Crippen molar-refractivity contribution in [3.8, 4) is 0 Å². The van der Waals surface area contributed by atoms with Crippen molar-refractivity contribution in [3.63, 3.8) is 0 Å².